The van der Waals surface area contributed by atoms with Gasteiger partial charge in [-0.1, -0.05) is 17.7 Å². The van der Waals surface area contributed by atoms with Crippen LogP contribution in [0.5, 0.6) is 17.5 Å². The predicted molar refractivity (Wildman–Crippen MR) is 166 cm³/mol. The number of phenolic OH excluding ortho intramolecular Hbond substituents is 1. The Morgan fingerprint density at radius 1 is 1.09 bits per heavy atom. The van der Waals surface area contributed by atoms with Gasteiger partial charge in [0.2, 0.25) is 0 Å². The van der Waals surface area contributed by atoms with Crippen molar-refractivity contribution >= 4 is 34.4 Å². The molecule has 1 atom stereocenters. The Kier molecular flexibility index (Phi) is 8.36. The lowest BCUT2D eigenvalue weighted by Crippen LogP contribution is -2.50. The molecule has 1 aliphatic carbocycles. The number of aromatic nitrogens is 2. The zero-order chi connectivity index (χ0) is 31.2. The largest absolute Gasteiger partial charge is 0.507 e. The third-order valence-corrected chi connectivity index (χ3v) is 8.51. The number of halogens is 2. The SMILES string of the molecule is CN1CCC[C@H]1COc1nc(N2CCN(C(=O)OC(C)(C)C)CC2)c2cc(Cl)c(-c3c(O)cccc3F)c(OC3CC3)c2n1. The van der Waals surface area contributed by atoms with Crippen molar-refractivity contribution in [3.8, 4) is 28.6 Å². The van der Waals surface area contributed by atoms with Crippen LogP contribution in [0, 0.1) is 5.82 Å². The van der Waals surface area contributed by atoms with Gasteiger partial charge in [0.1, 0.15) is 35.1 Å². The third kappa shape index (κ3) is 6.44. The number of carbonyl (C=O) groups excluding carboxylic acids is 1. The molecule has 1 aromatic heterocycles. The lowest BCUT2D eigenvalue weighted by Gasteiger charge is -2.36. The molecule has 3 aliphatic rings. The number of benzene rings is 2. The number of piperazine rings is 1. The average molecular weight is 628 g/mol. The fourth-order valence-electron chi connectivity index (χ4n) is 5.72. The second kappa shape index (κ2) is 12.1. The van der Waals surface area contributed by atoms with Gasteiger partial charge in [0.05, 0.1) is 22.3 Å². The van der Waals surface area contributed by atoms with E-state index in [1.54, 1.807) is 11.0 Å². The Hall–Kier alpha value is -3.57. The van der Waals surface area contributed by atoms with E-state index >= 15 is 4.39 Å². The van der Waals surface area contributed by atoms with Gasteiger partial charge in [0, 0.05) is 37.6 Å². The molecule has 6 rings (SSSR count). The van der Waals surface area contributed by atoms with Crippen molar-refractivity contribution in [3.63, 3.8) is 0 Å². The summed E-state index contributed by atoms with van der Waals surface area (Å²) in [6.45, 7) is 8.81. The number of amides is 1. The number of hydrogen-bond donors (Lipinski definition) is 1. The van der Waals surface area contributed by atoms with Crippen LogP contribution in [-0.4, -0.2) is 95.1 Å². The zero-order valence-electron chi connectivity index (χ0n) is 25.6. The van der Waals surface area contributed by atoms with Gasteiger partial charge < -0.3 is 34.0 Å². The first kappa shape index (κ1) is 30.5. The number of hydrogen-bond acceptors (Lipinski definition) is 9. The number of carbonyl (C=O) groups is 1. The summed E-state index contributed by atoms with van der Waals surface area (Å²) in [4.78, 5) is 28.4. The van der Waals surface area contributed by atoms with Gasteiger partial charge in [-0.3, -0.25) is 0 Å². The molecule has 44 heavy (non-hydrogen) atoms. The molecule has 2 aromatic carbocycles. The first-order valence-electron chi connectivity index (χ1n) is 15.2. The highest BCUT2D eigenvalue weighted by Crippen LogP contribution is 2.49. The molecule has 0 bridgehead atoms. The van der Waals surface area contributed by atoms with Crippen LogP contribution in [0.1, 0.15) is 46.5 Å². The molecule has 1 amide bonds. The molecule has 10 nitrogen and oxygen atoms in total. The summed E-state index contributed by atoms with van der Waals surface area (Å²) < 4.78 is 33.5. The number of ether oxygens (including phenoxy) is 3. The van der Waals surface area contributed by atoms with Gasteiger partial charge in [-0.2, -0.15) is 9.97 Å². The molecule has 3 aromatic rings. The van der Waals surface area contributed by atoms with E-state index in [9.17, 15) is 9.90 Å². The molecule has 1 saturated carbocycles. The highest BCUT2D eigenvalue weighted by molar-refractivity contribution is 6.35. The Morgan fingerprint density at radius 2 is 1.84 bits per heavy atom. The number of likely N-dealkylation sites (N-methyl/N-ethyl adjacent to an activating group) is 1. The fourth-order valence-corrected chi connectivity index (χ4v) is 6.01. The summed E-state index contributed by atoms with van der Waals surface area (Å²) >= 11 is 6.89. The monoisotopic (exact) mass is 627 g/mol. The van der Waals surface area contributed by atoms with Gasteiger partial charge in [-0.25, -0.2) is 9.18 Å². The fraction of sp³-hybridized carbons (Fsp3) is 0.531. The second-order valence-corrected chi connectivity index (χ2v) is 13.2. The maximum absolute atomic E-state index is 15.2. The molecule has 236 valence electrons. The standard InChI is InChI=1S/C32H39ClFN5O5/c1-32(2,3)44-31(41)39-15-13-38(14-16-39)29-21-17-22(33)25(26-23(34)8-5-9-24(26)40)28(43-20-10-11-20)27(21)35-30(36-29)42-18-19-7-6-12-37(19)4/h5,8-9,17,19-20,40H,6-7,10-16,18H2,1-4H3/t19-/m0/s1. The lowest BCUT2D eigenvalue weighted by molar-refractivity contribution is 0.0240. The molecule has 2 aliphatic heterocycles. The molecular formula is C32H39ClFN5O5. The van der Waals surface area contributed by atoms with Crippen LogP contribution in [0.3, 0.4) is 0 Å². The van der Waals surface area contributed by atoms with E-state index in [0.29, 0.717) is 49.5 Å². The summed E-state index contributed by atoms with van der Waals surface area (Å²) in [5.74, 6) is -0.00452. The number of likely N-dealkylation sites (tertiary alicyclic amines) is 1. The molecule has 0 radical (unpaired) electrons. The predicted octanol–water partition coefficient (Wildman–Crippen LogP) is 5.87. The molecule has 12 heteroatoms. The molecule has 3 fully saturated rings. The summed E-state index contributed by atoms with van der Waals surface area (Å²) in [6, 6.07) is 6.25. The number of fused-ring (bicyclic) bond motifs is 1. The van der Waals surface area contributed by atoms with Crippen molar-refractivity contribution in [2.24, 2.45) is 0 Å². The third-order valence-electron chi connectivity index (χ3n) is 8.21. The molecule has 0 unspecified atom stereocenters. The number of anilines is 1. The minimum Gasteiger partial charge on any atom is -0.507 e. The number of rotatable bonds is 7. The summed E-state index contributed by atoms with van der Waals surface area (Å²) in [7, 11) is 2.08. The van der Waals surface area contributed by atoms with Gasteiger partial charge in [0.25, 0.3) is 0 Å². The van der Waals surface area contributed by atoms with Crippen LogP contribution in [0.4, 0.5) is 15.0 Å². The van der Waals surface area contributed by atoms with Crippen LogP contribution in [0.15, 0.2) is 24.3 Å². The van der Waals surface area contributed by atoms with Crippen LogP contribution in [0.2, 0.25) is 5.02 Å². The van der Waals surface area contributed by atoms with E-state index in [2.05, 4.69) is 16.8 Å². The van der Waals surface area contributed by atoms with Crippen molar-refractivity contribution in [1.82, 2.24) is 19.8 Å². The highest BCUT2D eigenvalue weighted by atomic mass is 35.5. The summed E-state index contributed by atoms with van der Waals surface area (Å²) in [6.07, 6.45) is 3.39. The van der Waals surface area contributed by atoms with E-state index in [-0.39, 0.29) is 51.9 Å². The molecule has 3 heterocycles. The summed E-state index contributed by atoms with van der Waals surface area (Å²) in [5.41, 5.74) is 0.0301. The molecular weight excluding hydrogens is 589 g/mol. The van der Waals surface area contributed by atoms with Crippen molar-refractivity contribution in [2.75, 3.05) is 51.3 Å². The molecule has 2 saturated heterocycles. The van der Waals surface area contributed by atoms with Gasteiger partial charge >= 0.3 is 12.1 Å². The van der Waals surface area contributed by atoms with Crippen LogP contribution >= 0.6 is 11.6 Å². The van der Waals surface area contributed by atoms with Crippen LogP contribution in [0.25, 0.3) is 22.0 Å². The number of aromatic hydroxyl groups is 1. The second-order valence-electron chi connectivity index (χ2n) is 12.8. The van der Waals surface area contributed by atoms with Gasteiger partial charge in [-0.15, -0.1) is 0 Å². The van der Waals surface area contributed by atoms with Crippen molar-refractivity contribution in [1.29, 1.82) is 0 Å². The van der Waals surface area contributed by atoms with Crippen LogP contribution < -0.4 is 14.4 Å². The normalized spacial score (nSPS) is 19.5. The first-order valence-corrected chi connectivity index (χ1v) is 15.6. The highest BCUT2D eigenvalue weighted by Gasteiger charge is 2.33. The van der Waals surface area contributed by atoms with Gasteiger partial charge in [-0.05, 0) is 78.2 Å². The number of nitrogens with zero attached hydrogens (tertiary/aromatic N) is 5. The van der Waals surface area contributed by atoms with Crippen LogP contribution in [-0.2, 0) is 4.74 Å². The Balaban J connectivity index is 1.43. The van der Waals surface area contributed by atoms with E-state index in [1.807, 2.05) is 20.8 Å². The van der Waals surface area contributed by atoms with E-state index < -0.39 is 11.4 Å². The van der Waals surface area contributed by atoms with Crippen molar-refractivity contribution in [3.05, 3.63) is 35.1 Å². The topological polar surface area (TPSA) is 100 Å². The van der Waals surface area contributed by atoms with E-state index in [1.165, 1.54) is 18.2 Å². The average Bonchev–Trinajstić information content (AvgIpc) is 3.70. The van der Waals surface area contributed by atoms with Gasteiger partial charge in [0.15, 0.2) is 5.75 Å². The van der Waals surface area contributed by atoms with E-state index in [4.69, 9.17) is 35.8 Å². The van der Waals surface area contributed by atoms with Crippen molar-refractivity contribution < 1.29 is 28.5 Å². The molecule has 0 spiro atoms. The van der Waals surface area contributed by atoms with E-state index in [0.717, 1.165) is 32.2 Å². The Bertz CT molecular complexity index is 1530. The minimum absolute atomic E-state index is 0.0452. The Labute approximate surface area is 261 Å². The maximum Gasteiger partial charge on any atom is 0.410 e. The first-order chi connectivity index (χ1) is 21.0. The maximum atomic E-state index is 15.2. The Morgan fingerprint density at radius 3 is 2.48 bits per heavy atom. The molecule has 1 N–H and O–H groups in total. The number of phenols is 1. The quantitative estimate of drug-likeness (QED) is 0.345. The summed E-state index contributed by atoms with van der Waals surface area (Å²) in [5, 5.41) is 11.5. The van der Waals surface area contributed by atoms with Crippen molar-refractivity contribution in [2.45, 2.75) is 64.2 Å². The smallest absolute Gasteiger partial charge is 0.410 e. The minimum atomic E-state index is -0.625. The lowest BCUT2D eigenvalue weighted by atomic mass is 10.00. The zero-order valence-corrected chi connectivity index (χ0v) is 26.4.